The number of fused-ring (bicyclic) bond motifs is 2. The monoisotopic (exact) mass is 495 g/mol. The predicted molar refractivity (Wildman–Crippen MR) is 148 cm³/mol. The van der Waals surface area contributed by atoms with Crippen LogP contribution in [0.3, 0.4) is 0 Å². The molecule has 0 saturated heterocycles. The minimum atomic E-state index is -0.432. The number of ether oxygens (including phenoxy) is 1. The van der Waals surface area contributed by atoms with Crippen LogP contribution in [0.4, 0.5) is 28.4 Å². The molecule has 0 saturated carbocycles. The van der Waals surface area contributed by atoms with Gasteiger partial charge in [0.2, 0.25) is 0 Å². The van der Waals surface area contributed by atoms with E-state index >= 15 is 0 Å². The summed E-state index contributed by atoms with van der Waals surface area (Å²) in [4.78, 5) is 12.8. The average molecular weight is 496 g/mol. The minimum absolute atomic E-state index is 0.0166. The van der Waals surface area contributed by atoms with Gasteiger partial charge in [-0.2, -0.15) is 5.11 Å². The molecular formula is C29H29N5O3. The Morgan fingerprint density at radius 2 is 1.78 bits per heavy atom. The zero-order valence-electron chi connectivity index (χ0n) is 21.0. The molecule has 4 aromatic carbocycles. The van der Waals surface area contributed by atoms with E-state index in [9.17, 15) is 10.1 Å². The van der Waals surface area contributed by atoms with Crippen LogP contribution in [0.5, 0.6) is 11.5 Å². The smallest absolute Gasteiger partial charge is 0.269 e. The Balaban J connectivity index is 1.51. The Bertz CT molecular complexity index is 1460. The minimum Gasteiger partial charge on any atom is -0.454 e. The zero-order chi connectivity index (χ0) is 25.8. The molecule has 1 aliphatic heterocycles. The molecule has 0 fully saturated rings. The lowest BCUT2D eigenvalue weighted by Gasteiger charge is -2.22. The van der Waals surface area contributed by atoms with E-state index in [1.54, 1.807) is 12.1 Å². The molecule has 0 radical (unpaired) electrons. The number of hydrogen-bond acceptors (Lipinski definition) is 7. The lowest BCUT2D eigenvalue weighted by molar-refractivity contribution is -0.384. The molecular weight excluding hydrogens is 466 g/mol. The van der Waals surface area contributed by atoms with E-state index in [1.165, 1.54) is 17.8 Å². The van der Waals surface area contributed by atoms with Crippen LogP contribution in [0.1, 0.15) is 25.8 Å². The Morgan fingerprint density at radius 3 is 2.54 bits per heavy atom. The number of nitro benzene ring substituents is 1. The summed E-state index contributed by atoms with van der Waals surface area (Å²) in [6, 6.07) is 22.5. The molecule has 37 heavy (non-hydrogen) atoms. The molecule has 8 nitrogen and oxygen atoms in total. The maximum Gasteiger partial charge on any atom is 0.269 e. The number of non-ortho nitro benzene ring substituents is 1. The number of azo groups is 1. The number of nitrogens with zero attached hydrogens (tertiary/aromatic N) is 4. The molecule has 0 unspecified atom stereocenters. The lowest BCUT2D eigenvalue weighted by Crippen LogP contribution is -2.21. The Morgan fingerprint density at radius 1 is 0.973 bits per heavy atom. The summed E-state index contributed by atoms with van der Waals surface area (Å²) >= 11 is 0. The van der Waals surface area contributed by atoms with E-state index in [0.29, 0.717) is 17.1 Å². The number of nitro groups is 1. The van der Waals surface area contributed by atoms with Crippen LogP contribution in [0.25, 0.3) is 10.8 Å². The Kier molecular flexibility index (Phi) is 6.98. The van der Waals surface area contributed by atoms with Crippen molar-refractivity contribution in [3.63, 3.8) is 0 Å². The maximum atomic E-state index is 10.9. The molecule has 0 amide bonds. The third-order valence-electron chi connectivity index (χ3n) is 6.63. The van der Waals surface area contributed by atoms with E-state index in [-0.39, 0.29) is 5.69 Å². The van der Waals surface area contributed by atoms with Gasteiger partial charge in [-0.15, -0.1) is 5.11 Å². The molecule has 1 N–H and O–H groups in total. The first kappa shape index (κ1) is 24.2. The van der Waals surface area contributed by atoms with E-state index in [0.717, 1.165) is 60.2 Å². The molecule has 5 rings (SSSR count). The van der Waals surface area contributed by atoms with Crippen LogP contribution < -0.4 is 15.0 Å². The van der Waals surface area contributed by atoms with Crippen LogP contribution in [-0.4, -0.2) is 24.6 Å². The van der Waals surface area contributed by atoms with Gasteiger partial charge in [0.05, 0.1) is 10.6 Å². The van der Waals surface area contributed by atoms with Crippen molar-refractivity contribution in [3.8, 4) is 11.5 Å². The third-order valence-corrected chi connectivity index (χ3v) is 6.63. The Hall–Kier alpha value is -4.46. The number of nitrogens with one attached hydrogen (secondary N) is 1. The number of anilines is 2. The molecule has 4 aromatic rings. The average Bonchev–Trinajstić information content (AvgIpc) is 2.93. The van der Waals surface area contributed by atoms with E-state index in [2.05, 4.69) is 58.6 Å². The molecule has 188 valence electrons. The second-order valence-corrected chi connectivity index (χ2v) is 8.92. The summed E-state index contributed by atoms with van der Waals surface area (Å²) in [5.41, 5.74) is 4.55. The van der Waals surface area contributed by atoms with Crippen molar-refractivity contribution in [2.45, 2.75) is 26.7 Å². The normalized spacial score (nSPS) is 12.8. The van der Waals surface area contributed by atoms with Crippen LogP contribution in [0, 0.1) is 10.1 Å². The molecule has 8 heteroatoms. The summed E-state index contributed by atoms with van der Waals surface area (Å²) in [6.07, 6.45) is 2.00. The number of rotatable bonds is 8. The SMILES string of the molecule is CCN(CC)c1ccc2c(Oc3cc4c(cc3N=Nc3ccc([N+](=O)[O-])cc3)CCCN4)cccc2c1. The second-order valence-electron chi connectivity index (χ2n) is 8.92. The molecule has 0 atom stereocenters. The quantitative estimate of drug-likeness (QED) is 0.151. The highest BCUT2D eigenvalue weighted by molar-refractivity contribution is 5.91. The fraction of sp³-hybridized carbons (Fsp3) is 0.241. The molecule has 0 aliphatic carbocycles. The van der Waals surface area contributed by atoms with Crippen molar-refractivity contribution < 1.29 is 9.66 Å². The standard InChI is InChI=1S/C29H29N5O3/c1-3-33(4-2)24-14-15-25-20(17-24)7-5-9-28(25)37-29-19-26-21(8-6-16-30-26)18-27(29)32-31-22-10-12-23(13-11-22)34(35)36/h5,7,9-15,17-19,30H,3-4,6,8,16H2,1-2H3. The summed E-state index contributed by atoms with van der Waals surface area (Å²) in [5, 5.41) is 25.4. The van der Waals surface area contributed by atoms with Crippen LogP contribution in [0.15, 0.2) is 83.0 Å². The molecule has 0 spiro atoms. The number of aryl methyl sites for hydroxylation is 1. The molecule has 1 aliphatic rings. The third kappa shape index (κ3) is 5.23. The van der Waals surface area contributed by atoms with Crippen molar-refractivity contribution in [3.05, 3.63) is 88.5 Å². The number of hydrogen-bond donors (Lipinski definition) is 1. The van der Waals surface area contributed by atoms with E-state index in [1.807, 2.05) is 24.3 Å². The van der Waals surface area contributed by atoms with Gasteiger partial charge in [-0.3, -0.25) is 10.1 Å². The van der Waals surface area contributed by atoms with Crippen molar-refractivity contribution in [1.82, 2.24) is 0 Å². The summed E-state index contributed by atoms with van der Waals surface area (Å²) in [7, 11) is 0. The molecule has 0 aromatic heterocycles. The van der Waals surface area contributed by atoms with Crippen molar-refractivity contribution >= 4 is 39.2 Å². The van der Waals surface area contributed by atoms with Gasteiger partial charge in [0.25, 0.3) is 5.69 Å². The van der Waals surface area contributed by atoms with Gasteiger partial charge >= 0.3 is 0 Å². The first-order chi connectivity index (χ1) is 18.1. The van der Waals surface area contributed by atoms with Gasteiger partial charge in [0, 0.05) is 54.6 Å². The fourth-order valence-electron chi connectivity index (χ4n) is 4.63. The molecule has 0 bridgehead atoms. The van der Waals surface area contributed by atoms with Gasteiger partial charge in [-0.05, 0) is 80.1 Å². The van der Waals surface area contributed by atoms with Crippen molar-refractivity contribution in [1.29, 1.82) is 0 Å². The predicted octanol–water partition coefficient (Wildman–Crippen LogP) is 8.16. The van der Waals surface area contributed by atoms with Crippen LogP contribution >= 0.6 is 0 Å². The highest BCUT2D eigenvalue weighted by atomic mass is 16.6. The van der Waals surface area contributed by atoms with Gasteiger partial charge in [-0.1, -0.05) is 12.1 Å². The van der Waals surface area contributed by atoms with Crippen LogP contribution in [0.2, 0.25) is 0 Å². The first-order valence-electron chi connectivity index (χ1n) is 12.6. The van der Waals surface area contributed by atoms with E-state index < -0.39 is 4.92 Å². The van der Waals surface area contributed by atoms with Gasteiger partial charge < -0.3 is 15.0 Å². The number of benzene rings is 4. The van der Waals surface area contributed by atoms with Crippen molar-refractivity contribution in [2.24, 2.45) is 10.2 Å². The van der Waals surface area contributed by atoms with E-state index in [4.69, 9.17) is 4.74 Å². The summed E-state index contributed by atoms with van der Waals surface area (Å²) < 4.78 is 6.48. The maximum absolute atomic E-state index is 10.9. The largest absolute Gasteiger partial charge is 0.454 e. The first-order valence-corrected chi connectivity index (χ1v) is 12.6. The van der Waals surface area contributed by atoms with Crippen molar-refractivity contribution in [2.75, 3.05) is 29.9 Å². The fourth-order valence-corrected chi connectivity index (χ4v) is 4.63. The lowest BCUT2D eigenvalue weighted by atomic mass is 10.0. The van der Waals surface area contributed by atoms with Gasteiger partial charge in [0.1, 0.15) is 11.4 Å². The zero-order valence-corrected chi connectivity index (χ0v) is 21.0. The summed E-state index contributed by atoms with van der Waals surface area (Å²) in [5.74, 6) is 1.34. The molecule has 1 heterocycles. The highest BCUT2D eigenvalue weighted by Crippen LogP contribution is 2.41. The second kappa shape index (κ2) is 10.7. The van der Waals surface area contributed by atoms with Crippen LogP contribution in [-0.2, 0) is 6.42 Å². The highest BCUT2D eigenvalue weighted by Gasteiger charge is 2.16. The van der Waals surface area contributed by atoms with Gasteiger partial charge in [-0.25, -0.2) is 0 Å². The summed E-state index contributed by atoms with van der Waals surface area (Å²) in [6.45, 7) is 7.12. The van der Waals surface area contributed by atoms with Gasteiger partial charge in [0.15, 0.2) is 5.75 Å². The topological polar surface area (TPSA) is 92.4 Å². The Labute approximate surface area is 215 Å².